The largest absolute Gasteiger partial charge is 0.310 e. The van der Waals surface area contributed by atoms with E-state index in [-0.39, 0.29) is 5.41 Å². The van der Waals surface area contributed by atoms with Crippen LogP contribution >= 0.6 is 0 Å². The van der Waals surface area contributed by atoms with Crippen LogP contribution in [0.4, 0.5) is 17.1 Å². The molecule has 2 aliphatic carbocycles. The Labute approximate surface area is 335 Å². The smallest absolute Gasteiger partial charge is 0.0719 e. The average molecular weight is 728 g/mol. The van der Waals surface area contributed by atoms with Gasteiger partial charge in [-0.3, -0.25) is 0 Å². The van der Waals surface area contributed by atoms with Crippen LogP contribution < -0.4 is 4.90 Å². The zero-order valence-electron chi connectivity index (χ0n) is 32.2. The fourth-order valence-corrected chi connectivity index (χ4v) is 10.1. The maximum Gasteiger partial charge on any atom is 0.0719 e. The van der Waals surface area contributed by atoms with Gasteiger partial charge >= 0.3 is 0 Å². The van der Waals surface area contributed by atoms with Crippen LogP contribution in [-0.4, -0.2) is 0 Å². The summed E-state index contributed by atoms with van der Waals surface area (Å²) in [7, 11) is 0. The monoisotopic (exact) mass is 727 g/mol. The van der Waals surface area contributed by atoms with Gasteiger partial charge in [0.05, 0.1) is 11.1 Å². The summed E-state index contributed by atoms with van der Waals surface area (Å²) in [5.74, 6) is 0. The molecule has 0 bridgehead atoms. The maximum atomic E-state index is 2.48. The summed E-state index contributed by atoms with van der Waals surface area (Å²) < 4.78 is 0. The molecule has 0 heterocycles. The molecule has 0 atom stereocenters. The minimum atomic E-state index is -0.397. The van der Waals surface area contributed by atoms with Crippen molar-refractivity contribution in [2.75, 3.05) is 4.90 Å². The molecule has 0 unspecified atom stereocenters. The molecule has 1 heteroatoms. The molecule has 0 saturated heterocycles. The first-order chi connectivity index (χ1) is 28.0. The molecule has 9 aromatic carbocycles. The lowest BCUT2D eigenvalue weighted by atomic mass is 9.55. The van der Waals surface area contributed by atoms with Gasteiger partial charge in [0.2, 0.25) is 0 Å². The van der Waals surface area contributed by atoms with Crippen molar-refractivity contribution in [1.29, 1.82) is 0 Å². The normalized spacial score (nSPS) is 14.1. The summed E-state index contributed by atoms with van der Waals surface area (Å²) in [4.78, 5) is 2.36. The molecule has 0 saturated carbocycles. The molecular weight excluding hydrogens is 687 g/mol. The Kier molecular flexibility index (Phi) is 7.50. The van der Waals surface area contributed by atoms with Crippen molar-refractivity contribution in [2.24, 2.45) is 0 Å². The molecule has 0 aromatic heterocycles. The minimum absolute atomic E-state index is 0.114. The van der Waals surface area contributed by atoms with E-state index in [9.17, 15) is 0 Å². The van der Waals surface area contributed by atoms with Gasteiger partial charge in [0.25, 0.3) is 0 Å². The van der Waals surface area contributed by atoms with E-state index in [1.54, 1.807) is 0 Å². The maximum absolute atomic E-state index is 2.48. The van der Waals surface area contributed by atoms with Gasteiger partial charge in [-0.25, -0.2) is 0 Å². The number of hydrogen-bond donors (Lipinski definition) is 0. The van der Waals surface area contributed by atoms with Gasteiger partial charge in [0.1, 0.15) is 0 Å². The van der Waals surface area contributed by atoms with Crippen molar-refractivity contribution in [2.45, 2.75) is 24.7 Å². The quantitative estimate of drug-likeness (QED) is 0.171. The third-order valence-corrected chi connectivity index (χ3v) is 12.8. The number of fused-ring (bicyclic) bond motifs is 10. The Balaban J connectivity index is 0.984. The second-order valence-corrected chi connectivity index (χ2v) is 16.1. The highest BCUT2D eigenvalue weighted by Gasteiger charge is 2.53. The average Bonchev–Trinajstić information content (AvgIpc) is 3.57. The molecule has 0 N–H and O–H groups in total. The third kappa shape index (κ3) is 4.95. The summed E-state index contributed by atoms with van der Waals surface area (Å²) >= 11 is 0. The van der Waals surface area contributed by atoms with Crippen molar-refractivity contribution >= 4 is 27.8 Å². The van der Waals surface area contributed by atoms with Crippen LogP contribution in [0.5, 0.6) is 0 Å². The second-order valence-electron chi connectivity index (χ2n) is 16.1. The van der Waals surface area contributed by atoms with E-state index in [1.807, 2.05) is 0 Å². The molecule has 57 heavy (non-hydrogen) atoms. The van der Waals surface area contributed by atoms with E-state index in [4.69, 9.17) is 0 Å². The van der Waals surface area contributed by atoms with E-state index in [2.05, 4.69) is 231 Å². The summed E-state index contributed by atoms with van der Waals surface area (Å²) in [6.45, 7) is 4.77. The summed E-state index contributed by atoms with van der Waals surface area (Å²) in [5.41, 5.74) is 18.7. The van der Waals surface area contributed by atoms with E-state index in [0.717, 1.165) is 11.4 Å². The topological polar surface area (TPSA) is 3.24 Å². The number of benzene rings is 9. The van der Waals surface area contributed by atoms with Crippen molar-refractivity contribution < 1.29 is 0 Å². The molecule has 0 amide bonds. The molecular formula is C56H41N. The van der Waals surface area contributed by atoms with E-state index in [1.165, 1.54) is 83.2 Å². The van der Waals surface area contributed by atoms with Crippen molar-refractivity contribution in [1.82, 2.24) is 0 Å². The van der Waals surface area contributed by atoms with Gasteiger partial charge in [-0.15, -0.1) is 0 Å². The highest BCUT2D eigenvalue weighted by molar-refractivity contribution is 5.99. The lowest BCUT2D eigenvalue weighted by molar-refractivity contribution is 0.563. The summed E-state index contributed by atoms with van der Waals surface area (Å²) in [5, 5.41) is 2.46. The fourth-order valence-electron chi connectivity index (χ4n) is 10.1. The lowest BCUT2D eigenvalue weighted by Crippen LogP contribution is -2.40. The van der Waals surface area contributed by atoms with Crippen LogP contribution in [0.25, 0.3) is 44.2 Å². The van der Waals surface area contributed by atoms with Gasteiger partial charge < -0.3 is 4.90 Å². The van der Waals surface area contributed by atoms with Gasteiger partial charge in [-0.1, -0.05) is 190 Å². The number of rotatable bonds is 5. The number of nitrogens with zero attached hydrogens (tertiary/aromatic N) is 1. The number of anilines is 3. The van der Waals surface area contributed by atoms with Crippen LogP contribution in [-0.2, 0) is 10.8 Å². The standard InChI is InChI=1S/C56H41N/c1-55(2)49-22-10-12-24-51(49)56(52-25-13-11-23-50(52)55)48-21-9-8-20-46(48)47-36-33-42(37-53(47)56)40-29-27-38(28-30-40)39-31-34-44(35-32-39)57(43-17-4-3-5-18-43)54-26-14-16-41-15-6-7-19-45(41)54/h3-37H,1-2H3. The van der Waals surface area contributed by atoms with Crippen molar-refractivity contribution in [3.8, 4) is 33.4 Å². The van der Waals surface area contributed by atoms with Gasteiger partial charge in [0.15, 0.2) is 0 Å². The Morgan fingerprint density at radius 1 is 0.333 bits per heavy atom. The van der Waals surface area contributed by atoms with Crippen molar-refractivity contribution in [3.63, 3.8) is 0 Å². The lowest BCUT2D eigenvalue weighted by Gasteiger charge is -2.46. The van der Waals surface area contributed by atoms with E-state index < -0.39 is 5.41 Å². The predicted molar refractivity (Wildman–Crippen MR) is 239 cm³/mol. The zero-order chi connectivity index (χ0) is 38.1. The third-order valence-electron chi connectivity index (χ3n) is 12.8. The molecule has 270 valence electrons. The first-order valence-electron chi connectivity index (χ1n) is 20.0. The van der Waals surface area contributed by atoms with Gasteiger partial charge in [0, 0.05) is 22.2 Å². The Morgan fingerprint density at radius 3 is 1.49 bits per heavy atom. The first kappa shape index (κ1) is 33.4. The van der Waals surface area contributed by atoms with Crippen molar-refractivity contribution in [3.05, 3.63) is 246 Å². The van der Waals surface area contributed by atoms with Crippen LogP contribution in [0.2, 0.25) is 0 Å². The van der Waals surface area contributed by atoms with Gasteiger partial charge in [-0.2, -0.15) is 0 Å². The molecule has 11 rings (SSSR count). The van der Waals surface area contributed by atoms with Crippen LogP contribution in [0.1, 0.15) is 47.2 Å². The van der Waals surface area contributed by atoms with Crippen LogP contribution in [0, 0.1) is 0 Å². The molecule has 0 radical (unpaired) electrons. The molecule has 1 nitrogen and oxygen atoms in total. The molecule has 0 aliphatic heterocycles. The summed E-state index contributed by atoms with van der Waals surface area (Å²) in [6, 6.07) is 78.5. The predicted octanol–water partition coefficient (Wildman–Crippen LogP) is 14.6. The molecule has 1 spiro atoms. The van der Waals surface area contributed by atoms with Gasteiger partial charge in [-0.05, 0) is 109 Å². The number of hydrogen-bond acceptors (Lipinski definition) is 1. The Hall–Kier alpha value is -6.96. The molecule has 0 fully saturated rings. The Bertz CT molecular complexity index is 2920. The highest BCUT2D eigenvalue weighted by atomic mass is 15.1. The minimum Gasteiger partial charge on any atom is -0.310 e. The molecule has 2 aliphatic rings. The molecule has 9 aromatic rings. The van der Waals surface area contributed by atoms with E-state index in [0.29, 0.717) is 0 Å². The highest BCUT2D eigenvalue weighted by Crippen LogP contribution is 2.62. The van der Waals surface area contributed by atoms with Crippen LogP contribution in [0.3, 0.4) is 0 Å². The Morgan fingerprint density at radius 2 is 0.807 bits per heavy atom. The van der Waals surface area contributed by atoms with Crippen LogP contribution in [0.15, 0.2) is 212 Å². The fraction of sp³-hybridized carbons (Fsp3) is 0.0714. The summed E-state index contributed by atoms with van der Waals surface area (Å²) in [6.07, 6.45) is 0. The van der Waals surface area contributed by atoms with E-state index >= 15 is 0 Å². The SMILES string of the molecule is CC1(C)c2ccccc2C2(c3ccccc3-c3ccc(-c4ccc(-c5ccc(N(c6ccccc6)c6cccc7ccccc67)cc5)cc4)cc32)c2ccccc21. The number of para-hydroxylation sites is 1. The second kappa shape index (κ2) is 12.8. The first-order valence-corrected chi connectivity index (χ1v) is 20.0. The zero-order valence-corrected chi connectivity index (χ0v) is 32.2.